The first-order chi connectivity index (χ1) is 12.9. The number of halogens is 2. The van der Waals surface area contributed by atoms with Gasteiger partial charge in [-0.25, -0.2) is 4.39 Å². The van der Waals surface area contributed by atoms with Crippen molar-refractivity contribution in [2.75, 3.05) is 6.54 Å². The lowest BCUT2D eigenvalue weighted by atomic mass is 9.95. The van der Waals surface area contributed by atoms with Gasteiger partial charge in [-0.15, -0.1) is 0 Å². The molecule has 1 aliphatic rings. The minimum atomic E-state index is -0.757. The van der Waals surface area contributed by atoms with Crippen LogP contribution in [0.3, 0.4) is 0 Å². The molecule has 0 aromatic heterocycles. The second-order valence-electron chi connectivity index (χ2n) is 6.40. The standard InChI is InChI=1S/C21H19ClFNO3/c1-2-3-12-24-18(13-6-10-16(23)11-7-13)17(20(26)21(24)27)19(25)14-4-8-15(22)9-5-14/h4-11,18,25H,2-3,12H2,1H3/t18-/m0/s1. The predicted molar refractivity (Wildman–Crippen MR) is 102 cm³/mol. The molecule has 1 amide bonds. The Labute approximate surface area is 161 Å². The number of amides is 1. The number of nitrogens with zero attached hydrogens (tertiary/aromatic N) is 1. The third-order valence-corrected chi connectivity index (χ3v) is 4.85. The second-order valence-corrected chi connectivity index (χ2v) is 6.84. The number of hydrogen-bond acceptors (Lipinski definition) is 3. The molecule has 2 aromatic carbocycles. The first-order valence-corrected chi connectivity index (χ1v) is 9.11. The Bertz CT molecular complexity index is 891. The van der Waals surface area contributed by atoms with E-state index >= 15 is 0 Å². The van der Waals surface area contributed by atoms with E-state index in [9.17, 15) is 19.1 Å². The average Bonchev–Trinajstić information content (AvgIpc) is 2.91. The minimum Gasteiger partial charge on any atom is -0.507 e. The highest BCUT2D eigenvalue weighted by Crippen LogP contribution is 2.39. The van der Waals surface area contributed by atoms with E-state index in [1.807, 2.05) is 6.92 Å². The molecule has 3 rings (SSSR count). The van der Waals surface area contributed by atoms with Crippen molar-refractivity contribution in [2.24, 2.45) is 0 Å². The molecule has 1 saturated heterocycles. The Morgan fingerprint density at radius 3 is 2.33 bits per heavy atom. The number of ketones is 1. The maximum Gasteiger partial charge on any atom is 0.295 e. The van der Waals surface area contributed by atoms with Crippen LogP contribution < -0.4 is 0 Å². The Morgan fingerprint density at radius 2 is 1.74 bits per heavy atom. The maximum absolute atomic E-state index is 13.4. The molecule has 4 nitrogen and oxygen atoms in total. The van der Waals surface area contributed by atoms with Gasteiger partial charge in [0.2, 0.25) is 0 Å². The first-order valence-electron chi connectivity index (χ1n) is 8.74. The quantitative estimate of drug-likeness (QED) is 0.459. The van der Waals surface area contributed by atoms with Gasteiger partial charge in [-0.3, -0.25) is 9.59 Å². The third-order valence-electron chi connectivity index (χ3n) is 4.60. The lowest BCUT2D eigenvalue weighted by Crippen LogP contribution is -2.30. The highest BCUT2D eigenvalue weighted by molar-refractivity contribution is 6.46. The van der Waals surface area contributed by atoms with Crippen molar-refractivity contribution in [2.45, 2.75) is 25.8 Å². The van der Waals surface area contributed by atoms with Gasteiger partial charge in [0.05, 0.1) is 11.6 Å². The monoisotopic (exact) mass is 387 g/mol. The lowest BCUT2D eigenvalue weighted by molar-refractivity contribution is -0.139. The van der Waals surface area contributed by atoms with Gasteiger partial charge in [0.1, 0.15) is 11.6 Å². The zero-order chi connectivity index (χ0) is 19.6. The summed E-state index contributed by atoms with van der Waals surface area (Å²) >= 11 is 5.89. The fraction of sp³-hybridized carbons (Fsp3) is 0.238. The molecule has 0 spiro atoms. The number of likely N-dealkylation sites (tertiary alicyclic amines) is 1. The van der Waals surface area contributed by atoms with Crippen LogP contribution in [0.2, 0.25) is 5.02 Å². The smallest absolute Gasteiger partial charge is 0.295 e. The predicted octanol–water partition coefficient (Wildman–Crippen LogP) is 4.70. The lowest BCUT2D eigenvalue weighted by Gasteiger charge is -2.25. The van der Waals surface area contributed by atoms with Crippen molar-refractivity contribution in [1.82, 2.24) is 4.90 Å². The van der Waals surface area contributed by atoms with Crippen LogP contribution >= 0.6 is 11.6 Å². The van der Waals surface area contributed by atoms with E-state index in [1.165, 1.54) is 29.2 Å². The van der Waals surface area contributed by atoms with E-state index in [2.05, 4.69) is 0 Å². The third kappa shape index (κ3) is 3.74. The van der Waals surface area contributed by atoms with Crippen molar-refractivity contribution in [3.63, 3.8) is 0 Å². The summed E-state index contributed by atoms with van der Waals surface area (Å²) in [5.74, 6) is -2.08. The zero-order valence-electron chi connectivity index (χ0n) is 14.8. The van der Waals surface area contributed by atoms with Crippen LogP contribution in [0, 0.1) is 5.82 Å². The molecule has 0 unspecified atom stereocenters. The van der Waals surface area contributed by atoms with E-state index in [1.54, 1.807) is 24.3 Å². The summed E-state index contributed by atoms with van der Waals surface area (Å²) in [6.45, 7) is 2.36. The highest BCUT2D eigenvalue weighted by atomic mass is 35.5. The van der Waals surface area contributed by atoms with Gasteiger partial charge in [-0.05, 0) is 48.4 Å². The minimum absolute atomic E-state index is 0.00466. The molecule has 1 fully saturated rings. The largest absolute Gasteiger partial charge is 0.507 e. The van der Waals surface area contributed by atoms with Gasteiger partial charge in [0.15, 0.2) is 0 Å². The molecule has 2 aromatic rings. The average molecular weight is 388 g/mol. The van der Waals surface area contributed by atoms with Crippen LogP contribution in [0.15, 0.2) is 54.1 Å². The summed E-state index contributed by atoms with van der Waals surface area (Å²) in [6, 6.07) is 11.2. The van der Waals surface area contributed by atoms with Crippen LogP contribution in [-0.2, 0) is 9.59 Å². The van der Waals surface area contributed by atoms with Crippen molar-refractivity contribution in [3.8, 4) is 0 Å². The Hall–Kier alpha value is -2.66. The van der Waals surface area contributed by atoms with Gasteiger partial charge in [0.25, 0.3) is 11.7 Å². The van der Waals surface area contributed by atoms with Crippen molar-refractivity contribution in [1.29, 1.82) is 0 Å². The summed E-state index contributed by atoms with van der Waals surface area (Å²) < 4.78 is 13.4. The first kappa shape index (κ1) is 19.1. The number of rotatable bonds is 5. The van der Waals surface area contributed by atoms with Crippen molar-refractivity contribution >= 4 is 29.1 Å². The number of Topliss-reactive ketones (excluding diaryl/α,β-unsaturated/α-hetero) is 1. The van der Waals surface area contributed by atoms with E-state index < -0.39 is 23.5 Å². The Kier molecular flexibility index (Phi) is 5.61. The van der Waals surface area contributed by atoms with E-state index in [-0.39, 0.29) is 11.3 Å². The number of carbonyl (C=O) groups excluding carboxylic acids is 2. The van der Waals surface area contributed by atoms with Crippen molar-refractivity contribution in [3.05, 3.63) is 76.1 Å². The molecule has 0 radical (unpaired) electrons. The summed E-state index contributed by atoms with van der Waals surface area (Å²) in [4.78, 5) is 26.7. The number of benzene rings is 2. The number of hydrogen-bond donors (Lipinski definition) is 1. The van der Waals surface area contributed by atoms with Gasteiger partial charge >= 0.3 is 0 Å². The Morgan fingerprint density at radius 1 is 1.11 bits per heavy atom. The molecule has 0 saturated carbocycles. The summed E-state index contributed by atoms with van der Waals surface area (Å²) in [5, 5.41) is 11.3. The molecule has 0 bridgehead atoms. The number of carbonyl (C=O) groups is 2. The van der Waals surface area contributed by atoms with Crippen molar-refractivity contribution < 1.29 is 19.1 Å². The van der Waals surface area contributed by atoms with Crippen LogP contribution in [0.5, 0.6) is 0 Å². The summed E-state index contributed by atoms with van der Waals surface area (Å²) in [6.07, 6.45) is 1.56. The second kappa shape index (κ2) is 7.92. The maximum atomic E-state index is 13.4. The molecule has 140 valence electrons. The molecule has 1 aliphatic heterocycles. The van der Waals surface area contributed by atoms with Crippen LogP contribution in [-0.4, -0.2) is 28.2 Å². The SMILES string of the molecule is CCCCN1C(=O)C(=O)C(=C(O)c2ccc(Cl)cc2)[C@@H]1c1ccc(F)cc1. The molecular weight excluding hydrogens is 369 g/mol. The number of aliphatic hydroxyl groups is 1. The van der Waals surface area contributed by atoms with Gasteiger partial charge < -0.3 is 10.0 Å². The number of aliphatic hydroxyl groups excluding tert-OH is 1. The molecule has 0 aliphatic carbocycles. The molecule has 27 heavy (non-hydrogen) atoms. The highest BCUT2D eigenvalue weighted by Gasteiger charge is 2.45. The van der Waals surface area contributed by atoms with Crippen LogP contribution in [0.1, 0.15) is 36.9 Å². The van der Waals surface area contributed by atoms with E-state index in [4.69, 9.17) is 11.6 Å². The van der Waals surface area contributed by atoms with E-state index in [0.29, 0.717) is 29.1 Å². The topological polar surface area (TPSA) is 57.6 Å². The van der Waals surface area contributed by atoms with Gasteiger partial charge in [-0.1, -0.05) is 37.1 Å². The molecule has 6 heteroatoms. The fourth-order valence-corrected chi connectivity index (χ4v) is 3.32. The summed E-state index contributed by atoms with van der Waals surface area (Å²) in [7, 11) is 0. The molecule has 1 N–H and O–H groups in total. The fourth-order valence-electron chi connectivity index (χ4n) is 3.19. The van der Waals surface area contributed by atoms with Crippen LogP contribution in [0.25, 0.3) is 5.76 Å². The van der Waals surface area contributed by atoms with Gasteiger partial charge in [-0.2, -0.15) is 0 Å². The normalized spacial score (nSPS) is 18.9. The number of unbranched alkanes of at least 4 members (excludes halogenated alkanes) is 1. The van der Waals surface area contributed by atoms with Crippen LogP contribution in [0.4, 0.5) is 4.39 Å². The zero-order valence-corrected chi connectivity index (χ0v) is 15.5. The summed E-state index contributed by atoms with van der Waals surface area (Å²) in [5.41, 5.74) is 0.965. The Balaban J connectivity index is 2.14. The molecule has 1 heterocycles. The molecular formula is C21H19ClFNO3. The molecule has 1 atom stereocenters. The van der Waals surface area contributed by atoms with E-state index in [0.717, 1.165) is 6.42 Å². The van der Waals surface area contributed by atoms with Gasteiger partial charge in [0, 0.05) is 17.1 Å².